The molecule has 2 rings (SSSR count). The van der Waals surface area contributed by atoms with Crippen molar-refractivity contribution >= 4 is 41.5 Å². The highest BCUT2D eigenvalue weighted by molar-refractivity contribution is 14.0. The molecule has 28 heavy (non-hydrogen) atoms. The van der Waals surface area contributed by atoms with E-state index in [2.05, 4.69) is 47.7 Å². The Bertz CT molecular complexity index is 769. The predicted molar refractivity (Wildman–Crippen MR) is 126 cm³/mol. The second-order valence-electron chi connectivity index (χ2n) is 6.03. The highest BCUT2D eigenvalue weighted by Crippen LogP contribution is 2.22. The third kappa shape index (κ3) is 6.70. The number of ether oxygens (including phenoxy) is 1. The Labute approximate surface area is 184 Å². The van der Waals surface area contributed by atoms with Gasteiger partial charge in [-0.1, -0.05) is 32.0 Å². The van der Waals surface area contributed by atoms with Crippen LogP contribution < -0.4 is 21.1 Å². The van der Waals surface area contributed by atoms with Crippen LogP contribution in [-0.4, -0.2) is 32.1 Å². The summed E-state index contributed by atoms with van der Waals surface area (Å²) in [5.41, 5.74) is 10.1. The predicted octanol–water partition coefficient (Wildman–Crippen LogP) is 3.59. The van der Waals surface area contributed by atoms with Crippen LogP contribution in [0.3, 0.4) is 0 Å². The summed E-state index contributed by atoms with van der Waals surface area (Å²) in [5.74, 6) is 0.919. The van der Waals surface area contributed by atoms with Gasteiger partial charge in [-0.2, -0.15) is 0 Å². The van der Waals surface area contributed by atoms with E-state index in [0.29, 0.717) is 30.4 Å². The van der Waals surface area contributed by atoms with Crippen LogP contribution in [0.5, 0.6) is 5.75 Å². The molecule has 7 heteroatoms. The molecule has 0 aromatic heterocycles. The summed E-state index contributed by atoms with van der Waals surface area (Å²) in [6.45, 7) is 5.03. The second kappa shape index (κ2) is 12.2. The zero-order chi connectivity index (χ0) is 19.6. The van der Waals surface area contributed by atoms with Crippen LogP contribution in [0.15, 0.2) is 47.5 Å². The van der Waals surface area contributed by atoms with Crippen molar-refractivity contribution in [3.05, 3.63) is 59.2 Å². The lowest BCUT2D eigenvalue weighted by Crippen LogP contribution is -2.29. The first-order valence-corrected chi connectivity index (χ1v) is 9.19. The fourth-order valence-electron chi connectivity index (χ4n) is 2.76. The molecule has 0 aliphatic rings. The lowest BCUT2D eigenvalue weighted by molar-refractivity contribution is 0.0955. The maximum absolute atomic E-state index is 12.1. The fraction of sp³-hybridized carbons (Fsp3) is 0.333. The van der Waals surface area contributed by atoms with Crippen molar-refractivity contribution in [2.45, 2.75) is 26.7 Å². The first-order valence-electron chi connectivity index (χ1n) is 9.19. The standard InChI is InChI=1S/C21H28N4O2.HI/c1-4-15-7-6-8-16(5-2)19(15)25-21(22)24-14-13-23-20(26)17-9-11-18(27-3)12-10-17;/h6-12H,4-5,13-14H2,1-3H3,(H,23,26)(H3,22,24,25);1H. The molecule has 6 nitrogen and oxygen atoms in total. The molecule has 152 valence electrons. The molecule has 0 radical (unpaired) electrons. The van der Waals surface area contributed by atoms with E-state index >= 15 is 0 Å². The van der Waals surface area contributed by atoms with Gasteiger partial charge in [-0.05, 0) is 48.2 Å². The normalized spacial score (nSPS) is 10.8. The van der Waals surface area contributed by atoms with Crippen molar-refractivity contribution in [2.24, 2.45) is 10.7 Å². The van der Waals surface area contributed by atoms with Crippen LogP contribution in [0.1, 0.15) is 35.3 Å². The average molecular weight is 496 g/mol. The minimum atomic E-state index is -0.149. The fourth-order valence-corrected chi connectivity index (χ4v) is 2.76. The molecular weight excluding hydrogens is 467 g/mol. The van der Waals surface area contributed by atoms with Gasteiger partial charge in [0.1, 0.15) is 5.75 Å². The van der Waals surface area contributed by atoms with Crippen LogP contribution in [0, 0.1) is 0 Å². The number of halogens is 1. The highest BCUT2D eigenvalue weighted by Gasteiger charge is 2.07. The van der Waals surface area contributed by atoms with Gasteiger partial charge in [0.25, 0.3) is 5.91 Å². The van der Waals surface area contributed by atoms with E-state index in [1.54, 1.807) is 31.4 Å². The molecule has 0 bridgehead atoms. The Morgan fingerprint density at radius 2 is 1.68 bits per heavy atom. The Morgan fingerprint density at radius 3 is 2.21 bits per heavy atom. The van der Waals surface area contributed by atoms with E-state index < -0.39 is 0 Å². The van der Waals surface area contributed by atoms with Crippen molar-refractivity contribution in [3.8, 4) is 5.75 Å². The summed E-state index contributed by atoms with van der Waals surface area (Å²) in [6, 6.07) is 13.2. The van der Waals surface area contributed by atoms with Gasteiger partial charge in [-0.3, -0.25) is 9.79 Å². The molecule has 0 unspecified atom stereocenters. The van der Waals surface area contributed by atoms with Crippen molar-refractivity contribution in [2.75, 3.05) is 25.5 Å². The summed E-state index contributed by atoms with van der Waals surface area (Å²) in [7, 11) is 1.59. The molecule has 4 N–H and O–H groups in total. The number of benzene rings is 2. The summed E-state index contributed by atoms with van der Waals surface area (Å²) in [5, 5.41) is 6.05. The topological polar surface area (TPSA) is 88.7 Å². The Balaban J connectivity index is 0.00000392. The van der Waals surface area contributed by atoms with Crippen LogP contribution >= 0.6 is 24.0 Å². The smallest absolute Gasteiger partial charge is 0.251 e. The molecule has 0 fully saturated rings. The Morgan fingerprint density at radius 1 is 1.07 bits per heavy atom. The average Bonchev–Trinajstić information content (AvgIpc) is 2.71. The third-order valence-electron chi connectivity index (χ3n) is 4.28. The van der Waals surface area contributed by atoms with Gasteiger partial charge in [-0.25, -0.2) is 0 Å². The molecular formula is C21H29IN4O2. The maximum Gasteiger partial charge on any atom is 0.251 e. The number of rotatable bonds is 8. The number of para-hydroxylation sites is 1. The van der Waals surface area contributed by atoms with Gasteiger partial charge in [-0.15, -0.1) is 24.0 Å². The van der Waals surface area contributed by atoms with E-state index in [1.807, 2.05) is 0 Å². The summed E-state index contributed by atoms with van der Waals surface area (Å²) in [6.07, 6.45) is 1.84. The van der Waals surface area contributed by atoms with Gasteiger partial charge in [0.15, 0.2) is 5.96 Å². The number of guanidine groups is 1. The number of methoxy groups -OCH3 is 1. The minimum Gasteiger partial charge on any atom is -0.497 e. The van der Waals surface area contributed by atoms with Gasteiger partial charge < -0.3 is 21.1 Å². The van der Waals surface area contributed by atoms with E-state index in [1.165, 1.54) is 11.1 Å². The Kier molecular flexibility index (Phi) is 10.4. The number of aryl methyl sites for hydroxylation is 2. The second-order valence-corrected chi connectivity index (χ2v) is 6.03. The molecule has 2 aromatic carbocycles. The first kappa shape index (κ1) is 23.7. The van der Waals surface area contributed by atoms with Crippen LogP contribution in [0.4, 0.5) is 5.69 Å². The van der Waals surface area contributed by atoms with E-state index in [0.717, 1.165) is 18.5 Å². The van der Waals surface area contributed by atoms with Crippen LogP contribution in [-0.2, 0) is 12.8 Å². The van der Waals surface area contributed by atoms with E-state index in [9.17, 15) is 4.79 Å². The molecule has 0 saturated carbocycles. The number of anilines is 1. The summed E-state index contributed by atoms with van der Waals surface area (Å²) >= 11 is 0. The maximum atomic E-state index is 12.1. The molecule has 0 atom stereocenters. The number of carbonyl (C=O) groups excluding carboxylic acids is 1. The molecule has 0 saturated heterocycles. The number of carbonyl (C=O) groups is 1. The monoisotopic (exact) mass is 496 g/mol. The minimum absolute atomic E-state index is 0. The van der Waals surface area contributed by atoms with Crippen molar-refractivity contribution in [1.29, 1.82) is 0 Å². The van der Waals surface area contributed by atoms with Crippen LogP contribution in [0.2, 0.25) is 0 Å². The van der Waals surface area contributed by atoms with E-state index in [4.69, 9.17) is 10.5 Å². The lowest BCUT2D eigenvalue weighted by atomic mass is 10.0. The van der Waals surface area contributed by atoms with Gasteiger partial charge in [0, 0.05) is 17.8 Å². The van der Waals surface area contributed by atoms with Crippen LogP contribution in [0.25, 0.3) is 0 Å². The number of aliphatic imine (C=N–C) groups is 1. The van der Waals surface area contributed by atoms with Crippen molar-refractivity contribution < 1.29 is 9.53 Å². The molecule has 1 amide bonds. The molecule has 2 aromatic rings. The van der Waals surface area contributed by atoms with Gasteiger partial charge in [0.2, 0.25) is 0 Å². The Hall–Kier alpha value is -2.29. The quantitative estimate of drug-likeness (QED) is 0.226. The summed E-state index contributed by atoms with van der Waals surface area (Å²) in [4.78, 5) is 16.4. The SMILES string of the molecule is CCc1cccc(CC)c1NC(N)=NCCNC(=O)c1ccc(OC)cc1.I. The molecule has 0 aliphatic heterocycles. The zero-order valence-corrected chi connectivity index (χ0v) is 18.9. The van der Waals surface area contributed by atoms with E-state index in [-0.39, 0.29) is 29.9 Å². The molecule has 0 heterocycles. The number of hydrogen-bond donors (Lipinski definition) is 3. The number of amides is 1. The number of hydrogen-bond acceptors (Lipinski definition) is 3. The third-order valence-corrected chi connectivity index (χ3v) is 4.28. The number of nitrogens with one attached hydrogen (secondary N) is 2. The van der Waals surface area contributed by atoms with Gasteiger partial charge >= 0.3 is 0 Å². The van der Waals surface area contributed by atoms with Gasteiger partial charge in [0.05, 0.1) is 13.7 Å². The first-order chi connectivity index (χ1) is 13.1. The molecule has 0 aliphatic carbocycles. The number of nitrogens with two attached hydrogens (primary N) is 1. The lowest BCUT2D eigenvalue weighted by Gasteiger charge is -2.14. The number of nitrogens with zero attached hydrogens (tertiary/aromatic N) is 1. The largest absolute Gasteiger partial charge is 0.497 e. The highest BCUT2D eigenvalue weighted by atomic mass is 127. The summed E-state index contributed by atoms with van der Waals surface area (Å²) < 4.78 is 5.09. The van der Waals surface area contributed by atoms with Crippen molar-refractivity contribution in [3.63, 3.8) is 0 Å². The zero-order valence-electron chi connectivity index (χ0n) is 16.6. The molecule has 0 spiro atoms. The van der Waals surface area contributed by atoms with Crippen molar-refractivity contribution in [1.82, 2.24) is 5.32 Å².